The smallest absolute Gasteiger partial charge is 0.169 e. The molecule has 0 aliphatic carbocycles. The lowest BCUT2D eigenvalue weighted by Crippen LogP contribution is -2.31. The highest BCUT2D eigenvalue weighted by atomic mass is 16.7. The van der Waals surface area contributed by atoms with Crippen molar-refractivity contribution in [3.05, 3.63) is 18.0 Å². The summed E-state index contributed by atoms with van der Waals surface area (Å²) in [6.45, 7) is 6.47. The number of aromatic nitrogens is 1. The first-order chi connectivity index (χ1) is 7.36. The minimum Gasteiger partial charge on any atom is -0.360 e. The van der Waals surface area contributed by atoms with Crippen LogP contribution in [0.25, 0.3) is 0 Å². The molecule has 15 heavy (non-hydrogen) atoms. The number of nitrogens with zero attached hydrogens (tertiary/aromatic N) is 1. The highest BCUT2D eigenvalue weighted by molar-refractivity contribution is 4.91. The summed E-state index contributed by atoms with van der Waals surface area (Å²) in [7, 11) is 0. The van der Waals surface area contributed by atoms with Gasteiger partial charge >= 0.3 is 0 Å². The largest absolute Gasteiger partial charge is 0.360 e. The quantitative estimate of drug-likeness (QED) is 0.658. The van der Waals surface area contributed by atoms with Gasteiger partial charge in [-0.2, -0.15) is 0 Å². The van der Waals surface area contributed by atoms with E-state index in [-0.39, 0.29) is 6.29 Å². The Kier molecular flexibility index (Phi) is 5.99. The molecule has 0 radical (unpaired) electrons. The topological polar surface area (TPSA) is 56.5 Å². The van der Waals surface area contributed by atoms with Gasteiger partial charge in [0.1, 0.15) is 5.76 Å². The zero-order valence-electron chi connectivity index (χ0n) is 9.23. The van der Waals surface area contributed by atoms with Gasteiger partial charge in [0, 0.05) is 25.8 Å². The Hall–Kier alpha value is -0.910. The highest BCUT2D eigenvalue weighted by Gasteiger charge is 2.07. The van der Waals surface area contributed by atoms with Crippen LogP contribution in [0.2, 0.25) is 0 Å². The Balaban J connectivity index is 2.15. The number of hydrogen-bond acceptors (Lipinski definition) is 5. The van der Waals surface area contributed by atoms with Crippen LogP contribution in [0.3, 0.4) is 0 Å². The van der Waals surface area contributed by atoms with E-state index in [4.69, 9.17) is 14.0 Å². The molecular formula is C10H18N2O3. The second-order valence-corrected chi connectivity index (χ2v) is 2.95. The molecule has 1 heterocycles. The lowest BCUT2D eigenvalue weighted by atomic mass is 10.4. The summed E-state index contributed by atoms with van der Waals surface area (Å²) < 4.78 is 15.7. The van der Waals surface area contributed by atoms with E-state index in [1.165, 1.54) is 0 Å². The maximum absolute atomic E-state index is 5.37. The molecule has 1 aromatic rings. The maximum Gasteiger partial charge on any atom is 0.169 e. The Morgan fingerprint density at radius 2 is 2.13 bits per heavy atom. The van der Waals surface area contributed by atoms with Crippen LogP contribution in [0.5, 0.6) is 0 Å². The molecule has 86 valence electrons. The van der Waals surface area contributed by atoms with E-state index >= 15 is 0 Å². The van der Waals surface area contributed by atoms with Crippen LogP contribution in [0.4, 0.5) is 0 Å². The molecule has 0 saturated heterocycles. The third-order valence-corrected chi connectivity index (χ3v) is 1.81. The number of ether oxygens (including phenoxy) is 2. The molecule has 5 nitrogen and oxygen atoms in total. The average Bonchev–Trinajstić information content (AvgIpc) is 2.71. The fourth-order valence-electron chi connectivity index (χ4n) is 1.18. The van der Waals surface area contributed by atoms with Crippen molar-refractivity contribution in [1.29, 1.82) is 0 Å². The van der Waals surface area contributed by atoms with Crippen LogP contribution in [-0.4, -0.2) is 31.2 Å². The minimum absolute atomic E-state index is 0.192. The van der Waals surface area contributed by atoms with Gasteiger partial charge in [-0.25, -0.2) is 0 Å². The van der Waals surface area contributed by atoms with Crippen LogP contribution in [-0.2, 0) is 16.0 Å². The standard InChI is InChI=1S/C10H18N2O3/c1-3-13-10(14-4-2)8-11-7-9-5-6-12-15-9/h5-6,10-11H,3-4,7-8H2,1-2H3. The van der Waals surface area contributed by atoms with Gasteiger partial charge in [-0.15, -0.1) is 0 Å². The average molecular weight is 214 g/mol. The van der Waals surface area contributed by atoms with Gasteiger partial charge in [-0.3, -0.25) is 0 Å². The van der Waals surface area contributed by atoms with Crippen molar-refractivity contribution in [1.82, 2.24) is 10.5 Å². The van der Waals surface area contributed by atoms with Crippen molar-refractivity contribution in [3.8, 4) is 0 Å². The molecule has 0 aliphatic rings. The van der Waals surface area contributed by atoms with Crippen molar-refractivity contribution >= 4 is 0 Å². The van der Waals surface area contributed by atoms with E-state index < -0.39 is 0 Å². The SMILES string of the molecule is CCOC(CNCc1ccno1)OCC. The Morgan fingerprint density at radius 1 is 1.40 bits per heavy atom. The molecule has 0 unspecified atom stereocenters. The third-order valence-electron chi connectivity index (χ3n) is 1.81. The first kappa shape index (κ1) is 12.2. The molecule has 0 spiro atoms. The van der Waals surface area contributed by atoms with E-state index in [1.54, 1.807) is 6.20 Å². The zero-order chi connectivity index (χ0) is 10.9. The van der Waals surface area contributed by atoms with Crippen molar-refractivity contribution in [2.45, 2.75) is 26.7 Å². The lowest BCUT2D eigenvalue weighted by Gasteiger charge is -2.16. The van der Waals surface area contributed by atoms with Crippen LogP contribution >= 0.6 is 0 Å². The predicted molar refractivity (Wildman–Crippen MR) is 55.2 cm³/mol. The molecule has 1 N–H and O–H groups in total. The lowest BCUT2D eigenvalue weighted by molar-refractivity contribution is -0.133. The van der Waals surface area contributed by atoms with Crippen molar-refractivity contribution in [3.63, 3.8) is 0 Å². The van der Waals surface area contributed by atoms with E-state index in [1.807, 2.05) is 19.9 Å². The van der Waals surface area contributed by atoms with Crippen molar-refractivity contribution in [2.75, 3.05) is 19.8 Å². The predicted octanol–water partition coefficient (Wildman–Crippen LogP) is 1.16. The van der Waals surface area contributed by atoms with E-state index in [2.05, 4.69) is 10.5 Å². The van der Waals surface area contributed by atoms with Crippen molar-refractivity contribution in [2.24, 2.45) is 0 Å². The van der Waals surface area contributed by atoms with Gasteiger partial charge in [-0.1, -0.05) is 5.16 Å². The summed E-state index contributed by atoms with van der Waals surface area (Å²) in [6, 6.07) is 1.82. The Labute approximate surface area is 89.7 Å². The normalized spacial score (nSPS) is 11.1. The van der Waals surface area contributed by atoms with Gasteiger partial charge in [0.15, 0.2) is 6.29 Å². The monoisotopic (exact) mass is 214 g/mol. The second kappa shape index (κ2) is 7.39. The molecule has 0 saturated carbocycles. The van der Waals surface area contributed by atoms with E-state index in [0.29, 0.717) is 26.3 Å². The molecular weight excluding hydrogens is 196 g/mol. The number of rotatable bonds is 8. The van der Waals surface area contributed by atoms with Gasteiger partial charge in [0.25, 0.3) is 0 Å². The molecule has 0 aliphatic heterocycles. The molecule has 1 rings (SSSR count). The third kappa shape index (κ3) is 4.92. The molecule has 0 fully saturated rings. The summed E-state index contributed by atoms with van der Waals surface area (Å²) in [4.78, 5) is 0. The van der Waals surface area contributed by atoms with Crippen LogP contribution in [0, 0.1) is 0 Å². The van der Waals surface area contributed by atoms with E-state index in [0.717, 1.165) is 5.76 Å². The van der Waals surface area contributed by atoms with Crippen LogP contribution in [0.15, 0.2) is 16.8 Å². The van der Waals surface area contributed by atoms with Gasteiger partial charge in [0.05, 0.1) is 12.7 Å². The number of hydrogen-bond donors (Lipinski definition) is 1. The van der Waals surface area contributed by atoms with E-state index in [9.17, 15) is 0 Å². The summed E-state index contributed by atoms with van der Waals surface area (Å²) >= 11 is 0. The highest BCUT2D eigenvalue weighted by Crippen LogP contribution is 1.97. The first-order valence-corrected chi connectivity index (χ1v) is 5.20. The fraction of sp³-hybridized carbons (Fsp3) is 0.700. The Morgan fingerprint density at radius 3 is 2.67 bits per heavy atom. The molecule has 5 heteroatoms. The van der Waals surface area contributed by atoms with Gasteiger partial charge in [-0.05, 0) is 13.8 Å². The minimum atomic E-state index is -0.192. The van der Waals surface area contributed by atoms with Crippen molar-refractivity contribution < 1.29 is 14.0 Å². The summed E-state index contributed by atoms with van der Waals surface area (Å²) in [5.74, 6) is 0.807. The fourth-order valence-corrected chi connectivity index (χ4v) is 1.18. The molecule has 0 bridgehead atoms. The summed E-state index contributed by atoms with van der Waals surface area (Å²) in [6.07, 6.45) is 1.43. The summed E-state index contributed by atoms with van der Waals surface area (Å²) in [5, 5.41) is 6.79. The molecule has 0 atom stereocenters. The van der Waals surface area contributed by atoms with Crippen LogP contribution < -0.4 is 5.32 Å². The molecule has 1 aromatic heterocycles. The molecule has 0 amide bonds. The van der Waals surface area contributed by atoms with Gasteiger partial charge in [0.2, 0.25) is 0 Å². The number of nitrogens with one attached hydrogen (secondary N) is 1. The maximum atomic E-state index is 5.37. The summed E-state index contributed by atoms with van der Waals surface area (Å²) in [5.41, 5.74) is 0. The second-order valence-electron chi connectivity index (χ2n) is 2.95. The van der Waals surface area contributed by atoms with Crippen LogP contribution in [0.1, 0.15) is 19.6 Å². The van der Waals surface area contributed by atoms with Gasteiger partial charge < -0.3 is 19.3 Å². The Bertz CT molecular complexity index is 233. The zero-order valence-corrected chi connectivity index (χ0v) is 9.23. The molecule has 0 aromatic carbocycles. The first-order valence-electron chi connectivity index (χ1n) is 5.20.